The van der Waals surface area contributed by atoms with E-state index in [4.69, 9.17) is 4.74 Å². The summed E-state index contributed by atoms with van der Waals surface area (Å²) >= 11 is 0. The van der Waals surface area contributed by atoms with Gasteiger partial charge in [0, 0.05) is 18.3 Å². The number of hydrogen-bond donors (Lipinski definition) is 1. The van der Waals surface area contributed by atoms with Gasteiger partial charge in [-0.2, -0.15) is 0 Å². The third kappa shape index (κ3) is 1.97. The van der Waals surface area contributed by atoms with Gasteiger partial charge in [-0.25, -0.2) is 0 Å². The molecule has 1 N–H and O–H groups in total. The molecule has 3 rings (SSSR count). The number of aromatic nitrogens is 1. The lowest BCUT2D eigenvalue weighted by Gasteiger charge is -2.12. The average molecular weight is 241 g/mol. The third-order valence-electron chi connectivity index (χ3n) is 3.27. The van der Waals surface area contributed by atoms with E-state index in [1.54, 1.807) is 6.20 Å². The Morgan fingerprint density at radius 1 is 1.22 bits per heavy atom. The van der Waals surface area contributed by atoms with Crippen LogP contribution < -0.4 is 4.74 Å². The molecule has 1 aliphatic rings. The average Bonchev–Trinajstić information content (AvgIpc) is 2.85. The number of ether oxygens (including phenoxy) is 1. The second-order valence-electron chi connectivity index (χ2n) is 4.60. The van der Waals surface area contributed by atoms with Crippen molar-refractivity contribution < 1.29 is 9.84 Å². The first kappa shape index (κ1) is 11.2. The quantitative estimate of drug-likeness (QED) is 0.878. The first-order valence-electron chi connectivity index (χ1n) is 6.10. The first-order chi connectivity index (χ1) is 8.74. The van der Waals surface area contributed by atoms with Crippen LogP contribution in [0.3, 0.4) is 0 Å². The summed E-state index contributed by atoms with van der Waals surface area (Å²) in [5, 5.41) is 10.4. The molecule has 18 heavy (non-hydrogen) atoms. The molecule has 1 aliphatic heterocycles. The van der Waals surface area contributed by atoms with Gasteiger partial charge in [0.05, 0.1) is 6.61 Å². The van der Waals surface area contributed by atoms with Crippen LogP contribution in [0, 0.1) is 6.92 Å². The van der Waals surface area contributed by atoms with E-state index < -0.39 is 6.10 Å². The van der Waals surface area contributed by atoms with Crippen molar-refractivity contribution in [2.45, 2.75) is 19.4 Å². The molecule has 0 saturated carbocycles. The van der Waals surface area contributed by atoms with E-state index in [-0.39, 0.29) is 0 Å². The molecule has 92 valence electrons. The van der Waals surface area contributed by atoms with Crippen molar-refractivity contribution in [3.05, 3.63) is 58.9 Å². The molecular formula is C15H15NO2. The van der Waals surface area contributed by atoms with Gasteiger partial charge in [0.25, 0.3) is 0 Å². The molecule has 3 heteroatoms. The molecule has 1 unspecified atom stereocenters. The highest BCUT2D eigenvalue weighted by Crippen LogP contribution is 2.30. The lowest BCUT2D eigenvalue weighted by atomic mass is 9.99. The molecule has 0 aliphatic carbocycles. The Morgan fingerprint density at radius 3 is 2.89 bits per heavy atom. The first-order valence-corrected chi connectivity index (χ1v) is 6.10. The van der Waals surface area contributed by atoms with Crippen LogP contribution in [-0.2, 0) is 6.42 Å². The van der Waals surface area contributed by atoms with E-state index >= 15 is 0 Å². The Balaban J connectivity index is 1.95. The van der Waals surface area contributed by atoms with Gasteiger partial charge in [-0.3, -0.25) is 4.98 Å². The van der Waals surface area contributed by atoms with Crippen LogP contribution in [0.4, 0.5) is 0 Å². The zero-order valence-electron chi connectivity index (χ0n) is 10.3. The molecule has 0 fully saturated rings. The van der Waals surface area contributed by atoms with E-state index in [0.717, 1.165) is 35.6 Å². The molecule has 0 saturated heterocycles. The smallest absolute Gasteiger partial charge is 0.122 e. The van der Waals surface area contributed by atoms with Gasteiger partial charge >= 0.3 is 0 Å². The number of pyridine rings is 1. The summed E-state index contributed by atoms with van der Waals surface area (Å²) in [7, 11) is 0. The van der Waals surface area contributed by atoms with Gasteiger partial charge in [-0.15, -0.1) is 0 Å². The van der Waals surface area contributed by atoms with Crippen LogP contribution in [0.2, 0.25) is 0 Å². The van der Waals surface area contributed by atoms with E-state index in [0.29, 0.717) is 0 Å². The lowest BCUT2D eigenvalue weighted by molar-refractivity contribution is 0.220. The fourth-order valence-electron chi connectivity index (χ4n) is 2.31. The molecule has 0 spiro atoms. The Morgan fingerprint density at radius 2 is 2.06 bits per heavy atom. The highest BCUT2D eigenvalue weighted by atomic mass is 16.5. The van der Waals surface area contributed by atoms with Gasteiger partial charge in [0.15, 0.2) is 0 Å². The molecular weight excluding hydrogens is 226 g/mol. The molecule has 0 radical (unpaired) electrons. The normalized spacial score (nSPS) is 15.0. The molecule has 1 aromatic heterocycles. The van der Waals surface area contributed by atoms with E-state index in [1.807, 2.05) is 37.3 Å². The van der Waals surface area contributed by atoms with Crippen molar-refractivity contribution in [3.8, 4) is 5.75 Å². The van der Waals surface area contributed by atoms with Crippen molar-refractivity contribution in [2.24, 2.45) is 0 Å². The maximum Gasteiger partial charge on any atom is 0.122 e. The topological polar surface area (TPSA) is 42.4 Å². The molecule has 2 aromatic rings. The Hall–Kier alpha value is -1.87. The zero-order valence-corrected chi connectivity index (χ0v) is 10.3. The van der Waals surface area contributed by atoms with Crippen molar-refractivity contribution in [2.75, 3.05) is 6.61 Å². The van der Waals surface area contributed by atoms with Gasteiger partial charge in [0.1, 0.15) is 11.9 Å². The number of aliphatic hydroxyl groups excluding tert-OH is 1. The van der Waals surface area contributed by atoms with Crippen molar-refractivity contribution >= 4 is 0 Å². The highest BCUT2D eigenvalue weighted by Gasteiger charge is 2.16. The number of aliphatic hydroxyl groups is 1. The summed E-state index contributed by atoms with van der Waals surface area (Å²) in [6, 6.07) is 9.65. The maximum atomic E-state index is 10.4. The standard InChI is InChI=1S/C15H15NO2/c1-10-8-13(4-6-16-10)15(17)12-2-3-14-11(9-12)5-7-18-14/h2-4,6,8-9,15,17H,5,7H2,1H3. The Kier molecular flexibility index (Phi) is 2.76. The summed E-state index contributed by atoms with van der Waals surface area (Å²) in [5.74, 6) is 0.942. The van der Waals surface area contributed by atoms with Gasteiger partial charge in [-0.1, -0.05) is 6.07 Å². The molecule has 1 atom stereocenters. The second kappa shape index (κ2) is 4.42. The number of benzene rings is 1. The van der Waals surface area contributed by atoms with E-state index in [9.17, 15) is 5.11 Å². The van der Waals surface area contributed by atoms with E-state index in [1.165, 1.54) is 5.56 Å². The van der Waals surface area contributed by atoms with Gasteiger partial charge < -0.3 is 9.84 Å². The minimum atomic E-state index is -0.599. The molecule has 2 heterocycles. The zero-order chi connectivity index (χ0) is 12.5. The minimum Gasteiger partial charge on any atom is -0.493 e. The van der Waals surface area contributed by atoms with Gasteiger partial charge in [0.2, 0.25) is 0 Å². The highest BCUT2D eigenvalue weighted by molar-refractivity contribution is 5.42. The summed E-state index contributed by atoms with van der Waals surface area (Å²) in [6.45, 7) is 2.66. The second-order valence-corrected chi connectivity index (χ2v) is 4.60. The number of fused-ring (bicyclic) bond motifs is 1. The maximum absolute atomic E-state index is 10.4. The van der Waals surface area contributed by atoms with Crippen LogP contribution in [0.5, 0.6) is 5.75 Å². The lowest BCUT2D eigenvalue weighted by Crippen LogP contribution is -2.01. The molecule has 3 nitrogen and oxygen atoms in total. The summed E-state index contributed by atoms with van der Waals surface area (Å²) in [6.07, 6.45) is 2.05. The van der Waals surface area contributed by atoms with E-state index in [2.05, 4.69) is 4.98 Å². The number of rotatable bonds is 2. The van der Waals surface area contributed by atoms with Crippen LogP contribution in [-0.4, -0.2) is 16.7 Å². The number of nitrogens with zero attached hydrogens (tertiary/aromatic N) is 1. The monoisotopic (exact) mass is 241 g/mol. The fourth-order valence-corrected chi connectivity index (χ4v) is 2.31. The predicted molar refractivity (Wildman–Crippen MR) is 68.7 cm³/mol. The Bertz CT molecular complexity index is 580. The number of aryl methyl sites for hydroxylation is 1. The summed E-state index contributed by atoms with van der Waals surface area (Å²) < 4.78 is 5.47. The molecule has 0 amide bonds. The SMILES string of the molecule is Cc1cc(C(O)c2ccc3c(c2)CCO3)ccn1. The third-order valence-corrected chi connectivity index (χ3v) is 3.27. The Labute approximate surface area is 106 Å². The largest absolute Gasteiger partial charge is 0.493 e. The predicted octanol–water partition coefficient (Wildman–Crippen LogP) is 2.41. The fraction of sp³-hybridized carbons (Fsp3) is 0.267. The van der Waals surface area contributed by atoms with Crippen LogP contribution in [0.1, 0.15) is 28.5 Å². The van der Waals surface area contributed by atoms with Crippen LogP contribution >= 0.6 is 0 Å². The minimum absolute atomic E-state index is 0.599. The van der Waals surface area contributed by atoms with Crippen LogP contribution in [0.25, 0.3) is 0 Å². The summed E-state index contributed by atoms with van der Waals surface area (Å²) in [4.78, 5) is 4.14. The molecule has 0 bridgehead atoms. The van der Waals surface area contributed by atoms with Gasteiger partial charge in [-0.05, 0) is 47.9 Å². The van der Waals surface area contributed by atoms with Crippen molar-refractivity contribution in [1.29, 1.82) is 0 Å². The van der Waals surface area contributed by atoms with Crippen molar-refractivity contribution in [3.63, 3.8) is 0 Å². The van der Waals surface area contributed by atoms with Crippen LogP contribution in [0.15, 0.2) is 36.5 Å². The number of hydrogen-bond acceptors (Lipinski definition) is 3. The van der Waals surface area contributed by atoms with Crippen molar-refractivity contribution in [1.82, 2.24) is 4.98 Å². The molecule has 1 aromatic carbocycles. The summed E-state index contributed by atoms with van der Waals surface area (Å²) in [5.41, 5.74) is 3.87.